The highest BCUT2D eigenvalue weighted by atomic mass is 32.2. The maximum Gasteiger partial charge on any atom is 0.279 e. The van der Waals surface area contributed by atoms with Gasteiger partial charge in [-0.25, -0.2) is 4.72 Å². The first kappa shape index (κ1) is 14.2. The average Bonchev–Trinajstić information content (AvgIpc) is 2.75. The predicted octanol–water partition coefficient (Wildman–Crippen LogP) is 0.837. The van der Waals surface area contributed by atoms with Crippen molar-refractivity contribution in [1.29, 1.82) is 0 Å². The first-order valence-electron chi connectivity index (χ1n) is 6.94. The van der Waals surface area contributed by atoms with Gasteiger partial charge in [-0.2, -0.15) is 12.7 Å². The summed E-state index contributed by atoms with van der Waals surface area (Å²) in [5, 5.41) is 3.37. The van der Waals surface area contributed by atoms with E-state index in [4.69, 9.17) is 0 Å². The Balaban J connectivity index is 1.94. The van der Waals surface area contributed by atoms with E-state index in [0.29, 0.717) is 13.1 Å². The minimum Gasteiger partial charge on any atom is -0.310 e. The topological polar surface area (TPSA) is 61.4 Å². The van der Waals surface area contributed by atoms with Gasteiger partial charge in [0.15, 0.2) is 0 Å². The largest absolute Gasteiger partial charge is 0.310 e. The second kappa shape index (κ2) is 5.45. The monoisotopic (exact) mass is 275 g/mol. The SMILES string of the molecule is CC1CCCCN1S(=O)(=O)NCC1(C)CCCN1. The molecule has 0 bridgehead atoms. The summed E-state index contributed by atoms with van der Waals surface area (Å²) in [6.45, 7) is 6.20. The normalized spacial score (nSPS) is 34.9. The minimum absolute atomic E-state index is 0.0773. The van der Waals surface area contributed by atoms with Crippen LogP contribution in [0.1, 0.15) is 46.0 Å². The van der Waals surface area contributed by atoms with Crippen molar-refractivity contribution in [3.8, 4) is 0 Å². The van der Waals surface area contributed by atoms with Gasteiger partial charge in [0.25, 0.3) is 10.2 Å². The molecule has 106 valence electrons. The number of rotatable bonds is 4. The lowest BCUT2D eigenvalue weighted by Crippen LogP contribution is -2.53. The van der Waals surface area contributed by atoms with Gasteiger partial charge in [0.05, 0.1) is 0 Å². The quantitative estimate of drug-likeness (QED) is 0.799. The fraction of sp³-hybridized carbons (Fsp3) is 1.00. The number of hydrogen-bond acceptors (Lipinski definition) is 3. The molecule has 0 saturated carbocycles. The zero-order chi connectivity index (χ0) is 13.2. The zero-order valence-corrected chi connectivity index (χ0v) is 12.2. The van der Waals surface area contributed by atoms with Gasteiger partial charge >= 0.3 is 0 Å². The van der Waals surface area contributed by atoms with Crippen molar-refractivity contribution in [2.45, 2.75) is 57.5 Å². The molecule has 0 aromatic rings. The summed E-state index contributed by atoms with van der Waals surface area (Å²) < 4.78 is 29.0. The third kappa shape index (κ3) is 3.23. The number of nitrogens with zero attached hydrogens (tertiary/aromatic N) is 1. The first-order valence-corrected chi connectivity index (χ1v) is 8.38. The third-order valence-electron chi connectivity index (χ3n) is 4.15. The van der Waals surface area contributed by atoms with Crippen LogP contribution in [0.3, 0.4) is 0 Å². The van der Waals surface area contributed by atoms with E-state index < -0.39 is 10.2 Å². The molecule has 5 nitrogen and oxygen atoms in total. The average molecular weight is 275 g/mol. The molecule has 0 amide bonds. The minimum atomic E-state index is -3.31. The maximum atomic E-state index is 12.3. The highest BCUT2D eigenvalue weighted by molar-refractivity contribution is 7.87. The highest BCUT2D eigenvalue weighted by Crippen LogP contribution is 2.21. The zero-order valence-electron chi connectivity index (χ0n) is 11.4. The molecule has 2 unspecified atom stereocenters. The first-order chi connectivity index (χ1) is 8.43. The molecule has 18 heavy (non-hydrogen) atoms. The summed E-state index contributed by atoms with van der Waals surface area (Å²) in [6, 6.07) is 0.126. The molecule has 0 aliphatic carbocycles. The fourth-order valence-electron chi connectivity index (χ4n) is 2.87. The van der Waals surface area contributed by atoms with E-state index in [1.54, 1.807) is 4.31 Å². The summed E-state index contributed by atoms with van der Waals surface area (Å²) in [6.07, 6.45) is 5.23. The van der Waals surface area contributed by atoms with Crippen molar-refractivity contribution in [2.75, 3.05) is 19.6 Å². The maximum absolute atomic E-state index is 12.3. The van der Waals surface area contributed by atoms with Crippen LogP contribution in [0.15, 0.2) is 0 Å². The summed E-state index contributed by atoms with van der Waals surface area (Å²) in [7, 11) is -3.31. The number of nitrogens with one attached hydrogen (secondary N) is 2. The fourth-order valence-corrected chi connectivity index (χ4v) is 4.49. The molecule has 2 fully saturated rings. The molecule has 2 aliphatic rings. The predicted molar refractivity (Wildman–Crippen MR) is 72.6 cm³/mol. The Kier molecular flexibility index (Phi) is 4.31. The standard InChI is InChI=1S/C12H25N3O2S/c1-11-6-3-4-9-15(11)18(16,17)14-10-12(2)7-5-8-13-12/h11,13-14H,3-10H2,1-2H3. The van der Waals surface area contributed by atoms with Crippen molar-refractivity contribution in [3.05, 3.63) is 0 Å². The molecule has 2 N–H and O–H groups in total. The summed E-state index contributed by atoms with van der Waals surface area (Å²) in [5.41, 5.74) is -0.0773. The van der Waals surface area contributed by atoms with E-state index in [1.807, 2.05) is 6.92 Å². The molecule has 0 aromatic carbocycles. The Morgan fingerprint density at radius 2 is 2.17 bits per heavy atom. The molecular formula is C12H25N3O2S. The second-order valence-corrected chi connectivity index (χ2v) is 7.58. The summed E-state index contributed by atoms with van der Waals surface area (Å²) >= 11 is 0. The molecule has 2 atom stereocenters. The van der Waals surface area contributed by atoms with Crippen LogP contribution in [0.4, 0.5) is 0 Å². The van der Waals surface area contributed by atoms with E-state index in [9.17, 15) is 8.42 Å². The lowest BCUT2D eigenvalue weighted by Gasteiger charge is -2.33. The Morgan fingerprint density at radius 3 is 2.78 bits per heavy atom. The van der Waals surface area contributed by atoms with Crippen molar-refractivity contribution in [3.63, 3.8) is 0 Å². The number of hydrogen-bond donors (Lipinski definition) is 2. The molecule has 2 aliphatic heterocycles. The van der Waals surface area contributed by atoms with E-state index >= 15 is 0 Å². The van der Waals surface area contributed by atoms with E-state index in [0.717, 1.165) is 38.6 Å². The van der Waals surface area contributed by atoms with Gasteiger partial charge in [0.2, 0.25) is 0 Å². The van der Waals surface area contributed by atoms with Crippen LogP contribution in [0.25, 0.3) is 0 Å². The Hall–Kier alpha value is -0.170. The van der Waals surface area contributed by atoms with Gasteiger partial charge in [-0.1, -0.05) is 6.42 Å². The smallest absolute Gasteiger partial charge is 0.279 e. The lowest BCUT2D eigenvalue weighted by molar-refractivity contribution is 0.263. The van der Waals surface area contributed by atoms with Crippen molar-refractivity contribution in [1.82, 2.24) is 14.3 Å². The molecule has 0 aromatic heterocycles. The van der Waals surface area contributed by atoms with Gasteiger partial charge in [0.1, 0.15) is 0 Å². The molecule has 2 heterocycles. The summed E-state index contributed by atoms with van der Waals surface area (Å²) in [5.74, 6) is 0. The van der Waals surface area contributed by atoms with Crippen molar-refractivity contribution in [2.24, 2.45) is 0 Å². The van der Waals surface area contributed by atoms with Crippen LogP contribution in [-0.4, -0.2) is 43.9 Å². The lowest BCUT2D eigenvalue weighted by atomic mass is 10.0. The van der Waals surface area contributed by atoms with Crippen molar-refractivity contribution < 1.29 is 8.42 Å². The van der Waals surface area contributed by atoms with Crippen LogP contribution in [0.5, 0.6) is 0 Å². The summed E-state index contributed by atoms with van der Waals surface area (Å²) in [4.78, 5) is 0. The third-order valence-corrected chi connectivity index (χ3v) is 5.82. The van der Waals surface area contributed by atoms with Gasteiger partial charge in [-0.15, -0.1) is 0 Å². The van der Waals surface area contributed by atoms with Crippen LogP contribution in [0.2, 0.25) is 0 Å². The van der Waals surface area contributed by atoms with Crippen LogP contribution >= 0.6 is 0 Å². The van der Waals surface area contributed by atoms with Gasteiger partial charge in [0, 0.05) is 24.7 Å². The molecule has 0 spiro atoms. The molecule has 6 heteroatoms. The van der Waals surface area contributed by atoms with E-state index in [-0.39, 0.29) is 11.6 Å². The van der Waals surface area contributed by atoms with Crippen molar-refractivity contribution >= 4 is 10.2 Å². The van der Waals surface area contributed by atoms with Crippen LogP contribution < -0.4 is 10.0 Å². The molecule has 2 rings (SSSR count). The molecule has 2 saturated heterocycles. The van der Waals surface area contributed by atoms with Gasteiger partial charge in [-0.05, 0) is 46.1 Å². The number of piperidine rings is 1. The Labute approximate surface area is 110 Å². The Bertz CT molecular complexity index is 377. The molecular weight excluding hydrogens is 250 g/mol. The van der Waals surface area contributed by atoms with Gasteiger partial charge in [-0.3, -0.25) is 0 Å². The van der Waals surface area contributed by atoms with Gasteiger partial charge < -0.3 is 5.32 Å². The highest BCUT2D eigenvalue weighted by Gasteiger charge is 2.33. The Morgan fingerprint density at radius 1 is 1.39 bits per heavy atom. The van der Waals surface area contributed by atoms with E-state index in [1.165, 1.54) is 0 Å². The van der Waals surface area contributed by atoms with Crippen LogP contribution in [0, 0.1) is 0 Å². The second-order valence-electron chi connectivity index (χ2n) is 5.87. The molecule has 0 radical (unpaired) electrons. The van der Waals surface area contributed by atoms with E-state index in [2.05, 4.69) is 17.0 Å². The van der Waals surface area contributed by atoms with Crippen LogP contribution in [-0.2, 0) is 10.2 Å².